The number of carbonyl (C=O) groups is 2. The summed E-state index contributed by atoms with van der Waals surface area (Å²) in [5.41, 5.74) is 0.615. The summed E-state index contributed by atoms with van der Waals surface area (Å²) in [6.07, 6.45) is 0. The molecule has 0 aromatic heterocycles. The molecule has 0 unspecified atom stereocenters. The van der Waals surface area contributed by atoms with Crippen molar-refractivity contribution >= 4 is 17.5 Å². The van der Waals surface area contributed by atoms with Crippen LogP contribution in [0.1, 0.15) is 6.92 Å². The van der Waals surface area contributed by atoms with Gasteiger partial charge in [0.1, 0.15) is 0 Å². The zero-order valence-corrected chi connectivity index (χ0v) is 7.91. The van der Waals surface area contributed by atoms with Gasteiger partial charge in [-0.05, 0) is 19.1 Å². The van der Waals surface area contributed by atoms with Crippen LogP contribution in [0.2, 0.25) is 0 Å². The average Bonchev–Trinajstić information content (AvgIpc) is 2.19. The highest BCUT2D eigenvalue weighted by atomic mass is 16.2. The molecule has 0 aliphatic carbocycles. The Bertz CT molecular complexity index is 322. The number of likely N-dealkylation sites (N-methyl/N-ethyl adjacent to an activating group) is 1. The highest BCUT2D eigenvalue weighted by molar-refractivity contribution is 6.39. The molecule has 2 N–H and O–H groups in total. The van der Waals surface area contributed by atoms with Gasteiger partial charge in [0.05, 0.1) is 0 Å². The molecule has 1 aromatic rings. The molecule has 4 nitrogen and oxygen atoms in total. The van der Waals surface area contributed by atoms with Gasteiger partial charge in [-0.25, -0.2) is 0 Å². The molecular weight excluding hydrogens is 180 g/mol. The van der Waals surface area contributed by atoms with Gasteiger partial charge < -0.3 is 10.6 Å². The first-order valence-electron chi connectivity index (χ1n) is 4.38. The van der Waals surface area contributed by atoms with Crippen molar-refractivity contribution in [3.63, 3.8) is 0 Å². The topological polar surface area (TPSA) is 58.2 Å². The van der Waals surface area contributed by atoms with Crippen molar-refractivity contribution in [2.24, 2.45) is 0 Å². The second-order valence-corrected chi connectivity index (χ2v) is 2.68. The van der Waals surface area contributed by atoms with Gasteiger partial charge in [-0.1, -0.05) is 18.2 Å². The highest BCUT2D eigenvalue weighted by Gasteiger charge is 2.11. The highest BCUT2D eigenvalue weighted by Crippen LogP contribution is 2.03. The molecule has 0 aliphatic rings. The van der Waals surface area contributed by atoms with Crippen LogP contribution in [-0.4, -0.2) is 18.4 Å². The van der Waals surface area contributed by atoms with E-state index in [9.17, 15) is 9.59 Å². The Morgan fingerprint density at radius 1 is 1.14 bits per heavy atom. The normalized spacial score (nSPS) is 9.21. The van der Waals surface area contributed by atoms with Gasteiger partial charge >= 0.3 is 11.8 Å². The number of nitrogens with one attached hydrogen (secondary N) is 2. The van der Waals surface area contributed by atoms with Crippen LogP contribution < -0.4 is 10.6 Å². The Morgan fingerprint density at radius 2 is 1.79 bits per heavy atom. The molecule has 0 bridgehead atoms. The lowest BCUT2D eigenvalue weighted by Crippen LogP contribution is -2.35. The number of carbonyl (C=O) groups excluding carboxylic acids is 2. The molecule has 0 heterocycles. The van der Waals surface area contributed by atoms with E-state index in [0.717, 1.165) is 0 Å². The van der Waals surface area contributed by atoms with E-state index in [2.05, 4.69) is 10.6 Å². The van der Waals surface area contributed by atoms with E-state index in [-0.39, 0.29) is 0 Å². The molecule has 0 aliphatic heterocycles. The molecule has 0 fully saturated rings. The summed E-state index contributed by atoms with van der Waals surface area (Å²) in [5.74, 6) is -1.26. The molecule has 1 aromatic carbocycles. The third kappa shape index (κ3) is 2.90. The van der Waals surface area contributed by atoms with Crippen LogP contribution in [0.4, 0.5) is 5.69 Å². The maximum absolute atomic E-state index is 11.2. The predicted octanol–water partition coefficient (Wildman–Crippen LogP) is 0.761. The first kappa shape index (κ1) is 10.2. The second-order valence-electron chi connectivity index (χ2n) is 2.68. The summed E-state index contributed by atoms with van der Waals surface area (Å²) >= 11 is 0. The fourth-order valence-electron chi connectivity index (χ4n) is 0.950. The van der Waals surface area contributed by atoms with Crippen LogP contribution in [-0.2, 0) is 9.59 Å². The fraction of sp³-hybridized carbons (Fsp3) is 0.200. The van der Waals surface area contributed by atoms with Crippen molar-refractivity contribution in [2.75, 3.05) is 11.9 Å². The van der Waals surface area contributed by atoms with Gasteiger partial charge in [-0.3, -0.25) is 9.59 Å². The molecule has 14 heavy (non-hydrogen) atoms. The lowest BCUT2D eigenvalue weighted by atomic mass is 10.3. The predicted molar refractivity (Wildman–Crippen MR) is 53.8 cm³/mol. The minimum atomic E-state index is -0.641. The molecule has 0 spiro atoms. The zero-order valence-electron chi connectivity index (χ0n) is 7.91. The Labute approximate surface area is 82.3 Å². The van der Waals surface area contributed by atoms with Crippen molar-refractivity contribution in [2.45, 2.75) is 6.92 Å². The molecular formula is C10H12N2O2. The van der Waals surface area contributed by atoms with Crippen LogP contribution in [0, 0.1) is 0 Å². The van der Waals surface area contributed by atoms with E-state index in [4.69, 9.17) is 0 Å². The van der Waals surface area contributed by atoms with Crippen molar-refractivity contribution in [1.29, 1.82) is 0 Å². The van der Waals surface area contributed by atoms with Crippen LogP contribution in [0.5, 0.6) is 0 Å². The van der Waals surface area contributed by atoms with Gasteiger partial charge in [0.15, 0.2) is 0 Å². The van der Waals surface area contributed by atoms with Crippen molar-refractivity contribution in [3.8, 4) is 0 Å². The first-order valence-corrected chi connectivity index (χ1v) is 4.38. The zero-order chi connectivity index (χ0) is 10.4. The Morgan fingerprint density at radius 3 is 2.36 bits per heavy atom. The minimum absolute atomic E-state index is 0.445. The number of para-hydroxylation sites is 1. The summed E-state index contributed by atoms with van der Waals surface area (Å²) in [7, 11) is 0. The van der Waals surface area contributed by atoms with Gasteiger partial charge in [0.25, 0.3) is 0 Å². The Kier molecular flexibility index (Phi) is 3.67. The van der Waals surface area contributed by atoms with E-state index in [1.54, 1.807) is 31.2 Å². The molecule has 0 radical (unpaired) electrons. The monoisotopic (exact) mass is 192 g/mol. The molecule has 0 saturated heterocycles. The Hall–Kier alpha value is -1.84. The van der Waals surface area contributed by atoms with Crippen molar-refractivity contribution < 1.29 is 9.59 Å². The molecule has 74 valence electrons. The summed E-state index contributed by atoms with van der Waals surface area (Å²) in [6.45, 7) is 2.20. The van der Waals surface area contributed by atoms with Crippen LogP contribution in [0.15, 0.2) is 30.3 Å². The number of hydrogen-bond acceptors (Lipinski definition) is 2. The maximum Gasteiger partial charge on any atom is 0.313 e. The molecule has 0 atom stereocenters. The average molecular weight is 192 g/mol. The summed E-state index contributed by atoms with van der Waals surface area (Å²) in [4.78, 5) is 22.2. The minimum Gasteiger partial charge on any atom is -0.348 e. The molecule has 4 heteroatoms. The number of amides is 2. The summed E-state index contributed by atoms with van der Waals surface area (Å²) in [6, 6.07) is 8.84. The van der Waals surface area contributed by atoms with Gasteiger partial charge in [-0.2, -0.15) is 0 Å². The lowest BCUT2D eigenvalue weighted by Gasteiger charge is -2.03. The van der Waals surface area contributed by atoms with Crippen molar-refractivity contribution in [3.05, 3.63) is 30.3 Å². The summed E-state index contributed by atoms with van der Waals surface area (Å²) in [5, 5.41) is 4.89. The number of rotatable bonds is 2. The maximum atomic E-state index is 11.2. The van der Waals surface area contributed by atoms with Gasteiger partial charge in [-0.15, -0.1) is 0 Å². The van der Waals surface area contributed by atoms with Crippen LogP contribution in [0.3, 0.4) is 0 Å². The lowest BCUT2D eigenvalue weighted by molar-refractivity contribution is -0.136. The van der Waals surface area contributed by atoms with E-state index in [1.807, 2.05) is 6.07 Å². The number of hydrogen-bond donors (Lipinski definition) is 2. The fourth-order valence-corrected chi connectivity index (χ4v) is 0.950. The quantitative estimate of drug-likeness (QED) is 0.680. The third-order valence-electron chi connectivity index (χ3n) is 1.58. The van der Waals surface area contributed by atoms with Crippen LogP contribution >= 0.6 is 0 Å². The van der Waals surface area contributed by atoms with Crippen LogP contribution in [0.25, 0.3) is 0 Å². The van der Waals surface area contributed by atoms with Gasteiger partial charge in [0, 0.05) is 12.2 Å². The smallest absolute Gasteiger partial charge is 0.313 e. The first-order chi connectivity index (χ1) is 6.74. The molecule has 0 saturated carbocycles. The van der Waals surface area contributed by atoms with E-state index < -0.39 is 11.8 Å². The number of anilines is 1. The standard InChI is InChI=1S/C10H12N2O2/c1-2-11-9(13)10(14)12-8-6-4-3-5-7-8/h3-7H,2H2,1H3,(H,11,13)(H,12,14). The molecule has 1 rings (SSSR count). The Balaban J connectivity index is 2.53. The van der Waals surface area contributed by atoms with E-state index in [1.165, 1.54) is 0 Å². The second kappa shape index (κ2) is 5.01. The molecule has 2 amide bonds. The van der Waals surface area contributed by atoms with E-state index >= 15 is 0 Å². The number of benzene rings is 1. The van der Waals surface area contributed by atoms with Crippen molar-refractivity contribution in [1.82, 2.24) is 5.32 Å². The third-order valence-corrected chi connectivity index (χ3v) is 1.58. The summed E-state index contributed by atoms with van der Waals surface area (Å²) < 4.78 is 0. The largest absolute Gasteiger partial charge is 0.348 e. The van der Waals surface area contributed by atoms with E-state index in [0.29, 0.717) is 12.2 Å². The SMILES string of the molecule is CCNC(=O)C(=O)Nc1ccccc1. The van der Waals surface area contributed by atoms with Gasteiger partial charge in [0.2, 0.25) is 0 Å².